The summed E-state index contributed by atoms with van der Waals surface area (Å²) in [6.07, 6.45) is 0. The molecule has 0 aromatic heterocycles. The van der Waals surface area contributed by atoms with Gasteiger partial charge in [-0.3, -0.25) is 0 Å². The third-order valence-electron chi connectivity index (χ3n) is 4.46. The maximum atomic E-state index is 13.5. The van der Waals surface area contributed by atoms with Crippen molar-refractivity contribution in [2.24, 2.45) is 4.99 Å². The molecule has 0 saturated carbocycles. The molecule has 0 bridgehead atoms. The van der Waals surface area contributed by atoms with Crippen LogP contribution in [0.3, 0.4) is 0 Å². The molecule has 27 heavy (non-hydrogen) atoms. The van der Waals surface area contributed by atoms with Gasteiger partial charge in [0.2, 0.25) is 0 Å². The van der Waals surface area contributed by atoms with Gasteiger partial charge in [0.1, 0.15) is 0 Å². The zero-order valence-corrected chi connectivity index (χ0v) is 17.8. The SMILES string of the molecule is CCNC(=NCc1ccc(O)c(F)c1)N1CCN(c2ccccc2)CC1.I. The maximum absolute atomic E-state index is 13.5. The molecule has 0 atom stereocenters. The lowest BCUT2D eigenvalue weighted by atomic mass is 10.2. The molecule has 0 radical (unpaired) electrons. The van der Waals surface area contributed by atoms with Crippen LogP contribution in [-0.2, 0) is 6.54 Å². The topological polar surface area (TPSA) is 51.1 Å². The van der Waals surface area contributed by atoms with Crippen molar-refractivity contribution in [3.8, 4) is 5.75 Å². The fraction of sp³-hybridized carbons (Fsp3) is 0.350. The number of benzene rings is 2. The molecular formula is C20H26FIN4O. The molecule has 0 unspecified atom stereocenters. The Bertz CT molecular complexity index is 749. The van der Waals surface area contributed by atoms with Crippen LogP contribution in [0.5, 0.6) is 5.75 Å². The largest absolute Gasteiger partial charge is 0.505 e. The number of rotatable bonds is 4. The predicted octanol–water partition coefficient (Wildman–Crippen LogP) is 3.44. The summed E-state index contributed by atoms with van der Waals surface area (Å²) < 4.78 is 13.5. The first-order valence-electron chi connectivity index (χ1n) is 8.98. The van der Waals surface area contributed by atoms with Crippen LogP contribution < -0.4 is 10.2 Å². The Kier molecular flexibility index (Phi) is 8.15. The molecule has 7 heteroatoms. The van der Waals surface area contributed by atoms with Gasteiger partial charge in [0, 0.05) is 38.4 Å². The zero-order chi connectivity index (χ0) is 18.4. The van der Waals surface area contributed by atoms with E-state index in [1.807, 2.05) is 13.0 Å². The molecular weight excluding hydrogens is 458 g/mol. The van der Waals surface area contributed by atoms with E-state index in [0.717, 1.165) is 44.2 Å². The van der Waals surface area contributed by atoms with Crippen LogP contribution in [-0.4, -0.2) is 48.7 Å². The van der Waals surface area contributed by atoms with Gasteiger partial charge < -0.3 is 20.2 Å². The van der Waals surface area contributed by atoms with Crippen LogP contribution in [0.1, 0.15) is 12.5 Å². The molecule has 146 valence electrons. The molecule has 1 fully saturated rings. The summed E-state index contributed by atoms with van der Waals surface area (Å²) in [5, 5.41) is 12.6. The molecule has 1 heterocycles. The number of aliphatic imine (C=N–C) groups is 1. The first kappa shape index (κ1) is 21.3. The zero-order valence-electron chi connectivity index (χ0n) is 15.4. The summed E-state index contributed by atoms with van der Waals surface area (Å²) in [5.74, 6) is -0.102. The van der Waals surface area contributed by atoms with E-state index < -0.39 is 5.82 Å². The lowest BCUT2D eigenvalue weighted by molar-refractivity contribution is 0.372. The van der Waals surface area contributed by atoms with Crippen LogP contribution in [0, 0.1) is 5.82 Å². The number of phenols is 1. The number of hydrogen-bond acceptors (Lipinski definition) is 3. The minimum Gasteiger partial charge on any atom is -0.505 e. The standard InChI is InChI=1S/C20H25FN4O.HI/c1-2-22-20(23-15-16-8-9-19(26)18(21)14-16)25-12-10-24(11-13-25)17-6-4-3-5-7-17;/h3-9,14,26H,2,10-13,15H2,1H3,(H,22,23);1H. The fourth-order valence-corrected chi connectivity index (χ4v) is 3.06. The number of guanidine groups is 1. The van der Waals surface area contributed by atoms with Gasteiger partial charge in [-0.05, 0) is 36.8 Å². The van der Waals surface area contributed by atoms with Crippen LogP contribution in [0.2, 0.25) is 0 Å². The molecule has 0 spiro atoms. The molecule has 2 N–H and O–H groups in total. The van der Waals surface area contributed by atoms with Gasteiger partial charge >= 0.3 is 0 Å². The Morgan fingerprint density at radius 2 is 1.81 bits per heavy atom. The normalized spacial score (nSPS) is 14.7. The Hall–Kier alpha value is -2.03. The highest BCUT2D eigenvalue weighted by atomic mass is 127. The first-order valence-corrected chi connectivity index (χ1v) is 8.98. The smallest absolute Gasteiger partial charge is 0.194 e. The van der Waals surface area contributed by atoms with Crippen molar-refractivity contribution in [1.82, 2.24) is 10.2 Å². The van der Waals surface area contributed by atoms with E-state index in [9.17, 15) is 9.50 Å². The van der Waals surface area contributed by atoms with E-state index in [-0.39, 0.29) is 29.7 Å². The van der Waals surface area contributed by atoms with Gasteiger partial charge in [0.05, 0.1) is 6.54 Å². The molecule has 1 aliphatic heterocycles. The van der Waals surface area contributed by atoms with Crippen molar-refractivity contribution in [3.05, 3.63) is 59.9 Å². The molecule has 3 rings (SSSR count). The summed E-state index contributed by atoms with van der Waals surface area (Å²) in [5.41, 5.74) is 1.98. The first-order chi connectivity index (χ1) is 12.7. The third-order valence-corrected chi connectivity index (χ3v) is 4.46. The molecule has 2 aromatic carbocycles. The second-order valence-corrected chi connectivity index (χ2v) is 6.27. The summed E-state index contributed by atoms with van der Waals surface area (Å²) in [6.45, 7) is 6.82. The Morgan fingerprint density at radius 3 is 2.44 bits per heavy atom. The van der Waals surface area contributed by atoms with E-state index in [1.165, 1.54) is 17.8 Å². The van der Waals surface area contributed by atoms with Gasteiger partial charge in [-0.1, -0.05) is 24.3 Å². The second-order valence-electron chi connectivity index (χ2n) is 6.27. The number of nitrogens with zero attached hydrogens (tertiary/aromatic N) is 3. The van der Waals surface area contributed by atoms with Crippen molar-refractivity contribution in [3.63, 3.8) is 0 Å². The quantitative estimate of drug-likeness (QED) is 0.397. The summed E-state index contributed by atoms with van der Waals surface area (Å²) in [6, 6.07) is 14.8. The van der Waals surface area contributed by atoms with E-state index in [4.69, 9.17) is 0 Å². The number of para-hydroxylation sites is 1. The van der Waals surface area contributed by atoms with Gasteiger partial charge in [-0.2, -0.15) is 0 Å². The average Bonchev–Trinajstić information content (AvgIpc) is 2.68. The van der Waals surface area contributed by atoms with Crippen LogP contribution in [0.4, 0.5) is 10.1 Å². The Balaban J connectivity index is 0.00000261. The van der Waals surface area contributed by atoms with Crippen molar-refractivity contribution in [2.45, 2.75) is 13.5 Å². The van der Waals surface area contributed by atoms with E-state index in [0.29, 0.717) is 6.54 Å². The van der Waals surface area contributed by atoms with Crippen LogP contribution in [0.15, 0.2) is 53.5 Å². The number of nitrogens with one attached hydrogen (secondary N) is 1. The van der Waals surface area contributed by atoms with Crippen LogP contribution >= 0.6 is 24.0 Å². The molecule has 0 aliphatic carbocycles. The monoisotopic (exact) mass is 484 g/mol. The predicted molar refractivity (Wildman–Crippen MR) is 119 cm³/mol. The number of phenolic OH excluding ortho intramolecular Hbond substituents is 1. The number of hydrogen-bond donors (Lipinski definition) is 2. The van der Waals surface area contributed by atoms with Gasteiger partial charge in [-0.15, -0.1) is 24.0 Å². The van der Waals surface area contributed by atoms with E-state index in [2.05, 4.69) is 44.4 Å². The molecule has 1 aliphatic rings. The van der Waals surface area contributed by atoms with Gasteiger partial charge in [-0.25, -0.2) is 9.38 Å². The highest BCUT2D eigenvalue weighted by Crippen LogP contribution is 2.18. The van der Waals surface area contributed by atoms with Crippen molar-refractivity contribution in [1.29, 1.82) is 0 Å². The van der Waals surface area contributed by atoms with Crippen molar-refractivity contribution >= 4 is 35.6 Å². The van der Waals surface area contributed by atoms with Crippen molar-refractivity contribution in [2.75, 3.05) is 37.6 Å². The minimum absolute atomic E-state index is 0. The minimum atomic E-state index is -0.612. The second kappa shape index (κ2) is 10.3. The highest BCUT2D eigenvalue weighted by molar-refractivity contribution is 14.0. The number of halogens is 2. The van der Waals surface area contributed by atoms with E-state index in [1.54, 1.807) is 6.07 Å². The van der Waals surface area contributed by atoms with Crippen LogP contribution in [0.25, 0.3) is 0 Å². The Morgan fingerprint density at radius 1 is 1.11 bits per heavy atom. The van der Waals surface area contributed by atoms with E-state index >= 15 is 0 Å². The molecule has 0 amide bonds. The van der Waals surface area contributed by atoms with Gasteiger partial charge in [0.25, 0.3) is 0 Å². The average molecular weight is 484 g/mol. The maximum Gasteiger partial charge on any atom is 0.194 e. The number of aromatic hydroxyl groups is 1. The van der Waals surface area contributed by atoms with Crippen molar-refractivity contribution < 1.29 is 9.50 Å². The summed E-state index contributed by atoms with van der Waals surface area (Å²) in [7, 11) is 0. The third kappa shape index (κ3) is 5.72. The summed E-state index contributed by atoms with van der Waals surface area (Å²) in [4.78, 5) is 9.25. The van der Waals surface area contributed by atoms with Gasteiger partial charge in [0.15, 0.2) is 17.5 Å². The number of piperazine rings is 1. The highest BCUT2D eigenvalue weighted by Gasteiger charge is 2.19. The summed E-state index contributed by atoms with van der Waals surface area (Å²) >= 11 is 0. The molecule has 5 nitrogen and oxygen atoms in total. The molecule has 1 saturated heterocycles. The lowest BCUT2D eigenvalue weighted by Crippen LogP contribution is -2.52. The number of anilines is 1. The lowest BCUT2D eigenvalue weighted by Gasteiger charge is -2.37. The molecule has 2 aromatic rings. The fourth-order valence-electron chi connectivity index (χ4n) is 3.06. The Labute approximate surface area is 176 Å².